The van der Waals surface area contributed by atoms with Crippen LogP contribution in [0.5, 0.6) is 0 Å². The lowest BCUT2D eigenvalue weighted by Crippen LogP contribution is -1.86. The molecule has 3 rings (SSSR count). The Balaban J connectivity index is 2.19. The van der Waals surface area contributed by atoms with E-state index in [4.69, 9.17) is 0 Å². The summed E-state index contributed by atoms with van der Waals surface area (Å²) in [6.45, 7) is 4.19. The van der Waals surface area contributed by atoms with Gasteiger partial charge >= 0.3 is 0 Å². The molecule has 0 N–H and O–H groups in total. The molecule has 0 bridgehead atoms. The lowest BCUT2D eigenvalue weighted by Gasteiger charge is -2.02. The van der Waals surface area contributed by atoms with Crippen molar-refractivity contribution in [2.24, 2.45) is 0 Å². The molecular weight excluding hydrogens is 220 g/mol. The van der Waals surface area contributed by atoms with Crippen LogP contribution in [-0.4, -0.2) is 19.8 Å². The third kappa shape index (κ3) is 1.40. The number of hydrogen-bond donors (Lipinski definition) is 0. The van der Waals surface area contributed by atoms with Gasteiger partial charge in [0, 0.05) is 5.56 Å². The van der Waals surface area contributed by atoms with Crippen molar-refractivity contribution in [2.45, 2.75) is 13.8 Å². The van der Waals surface area contributed by atoms with E-state index in [0.717, 1.165) is 9.97 Å². The number of aromatic nitrogens is 4. The maximum atomic E-state index is 4.44. The molecule has 2 heterocycles. The zero-order valence-electron chi connectivity index (χ0n) is 9.01. The second kappa shape index (κ2) is 3.38. The number of hydrogen-bond acceptors (Lipinski definition) is 4. The monoisotopic (exact) mass is 230 g/mol. The fraction of sp³-hybridized carbons (Fsp3) is 0.182. The molecule has 0 saturated carbocycles. The van der Waals surface area contributed by atoms with Gasteiger partial charge in [0.05, 0.1) is 0 Å². The summed E-state index contributed by atoms with van der Waals surface area (Å²) in [5.74, 6) is 0. The normalized spacial score (nSPS) is 11.1. The van der Waals surface area contributed by atoms with Crippen LogP contribution < -0.4 is 0 Å². The third-order valence-electron chi connectivity index (χ3n) is 2.50. The van der Waals surface area contributed by atoms with Crippen LogP contribution in [0, 0.1) is 13.8 Å². The van der Waals surface area contributed by atoms with Crippen LogP contribution in [0.25, 0.3) is 15.5 Å². The number of fused-ring (bicyclic) bond motifs is 1. The average Bonchev–Trinajstić information content (AvgIpc) is 2.76. The zero-order chi connectivity index (χ0) is 11.1. The molecule has 16 heavy (non-hydrogen) atoms. The Labute approximate surface area is 96.6 Å². The van der Waals surface area contributed by atoms with Crippen molar-refractivity contribution in [1.29, 1.82) is 0 Å². The Kier molecular flexibility index (Phi) is 2.00. The topological polar surface area (TPSA) is 43.1 Å². The predicted molar refractivity (Wildman–Crippen MR) is 63.6 cm³/mol. The molecule has 0 spiro atoms. The van der Waals surface area contributed by atoms with E-state index in [0.29, 0.717) is 0 Å². The van der Waals surface area contributed by atoms with E-state index in [-0.39, 0.29) is 0 Å². The molecule has 0 aliphatic carbocycles. The predicted octanol–water partition coefficient (Wildman–Crippen LogP) is 2.47. The van der Waals surface area contributed by atoms with Crippen LogP contribution in [0.3, 0.4) is 0 Å². The molecule has 0 amide bonds. The second-order valence-corrected chi connectivity index (χ2v) is 4.74. The molecule has 0 aliphatic rings. The largest absolute Gasteiger partial charge is 0.234 e. The average molecular weight is 230 g/mol. The molecular formula is C11H10N4S. The maximum Gasteiger partial charge on any atom is 0.234 e. The first-order chi connectivity index (χ1) is 7.74. The van der Waals surface area contributed by atoms with Crippen molar-refractivity contribution >= 4 is 16.3 Å². The Morgan fingerprint density at radius 2 is 2.12 bits per heavy atom. The minimum Gasteiger partial charge on any atom is -0.190 e. The van der Waals surface area contributed by atoms with Crippen LogP contribution in [-0.2, 0) is 0 Å². The molecule has 0 fully saturated rings. The molecule has 5 heteroatoms. The smallest absolute Gasteiger partial charge is 0.190 e. The Morgan fingerprint density at radius 3 is 2.88 bits per heavy atom. The van der Waals surface area contributed by atoms with Gasteiger partial charge in [-0.15, -0.1) is 10.2 Å². The highest BCUT2D eigenvalue weighted by molar-refractivity contribution is 7.19. The fourth-order valence-electron chi connectivity index (χ4n) is 1.72. The molecule has 0 atom stereocenters. The molecule has 2 aromatic heterocycles. The Bertz CT molecular complexity index is 624. The van der Waals surface area contributed by atoms with Crippen LogP contribution >= 0.6 is 11.3 Å². The Morgan fingerprint density at radius 1 is 1.25 bits per heavy atom. The standard InChI is InChI=1S/C11H10N4S/c1-7-3-4-9(8(2)5-7)10-14-15-6-12-13-11(15)16-10/h3-6H,1-2H3. The van der Waals surface area contributed by atoms with Gasteiger partial charge in [-0.3, -0.25) is 0 Å². The highest BCUT2D eigenvalue weighted by Gasteiger charge is 2.09. The van der Waals surface area contributed by atoms with E-state index in [1.54, 1.807) is 22.2 Å². The van der Waals surface area contributed by atoms with Crippen molar-refractivity contribution < 1.29 is 0 Å². The summed E-state index contributed by atoms with van der Waals surface area (Å²) in [6, 6.07) is 6.37. The van der Waals surface area contributed by atoms with Gasteiger partial charge in [-0.25, -0.2) is 0 Å². The molecule has 0 unspecified atom stereocenters. The number of nitrogens with zero attached hydrogens (tertiary/aromatic N) is 4. The van der Waals surface area contributed by atoms with Crippen molar-refractivity contribution in [3.63, 3.8) is 0 Å². The van der Waals surface area contributed by atoms with E-state index >= 15 is 0 Å². The first kappa shape index (κ1) is 9.47. The van der Waals surface area contributed by atoms with Crippen LogP contribution in [0.4, 0.5) is 0 Å². The SMILES string of the molecule is Cc1ccc(-c2nn3cnnc3s2)c(C)c1. The summed E-state index contributed by atoms with van der Waals surface area (Å²) in [4.78, 5) is 0.829. The van der Waals surface area contributed by atoms with E-state index in [1.807, 2.05) is 0 Å². The number of aryl methyl sites for hydroxylation is 2. The molecule has 0 radical (unpaired) electrons. The minimum atomic E-state index is 0.829. The summed E-state index contributed by atoms with van der Waals surface area (Å²) < 4.78 is 1.71. The van der Waals surface area contributed by atoms with Gasteiger partial charge in [-0.2, -0.15) is 9.61 Å². The lowest BCUT2D eigenvalue weighted by molar-refractivity contribution is 0.959. The van der Waals surface area contributed by atoms with E-state index in [2.05, 4.69) is 47.3 Å². The zero-order valence-corrected chi connectivity index (χ0v) is 9.82. The van der Waals surface area contributed by atoms with E-state index in [1.165, 1.54) is 16.7 Å². The van der Waals surface area contributed by atoms with Gasteiger partial charge in [0.15, 0.2) is 0 Å². The summed E-state index contributed by atoms with van der Waals surface area (Å²) in [7, 11) is 0. The summed E-state index contributed by atoms with van der Waals surface area (Å²) in [5, 5.41) is 13.2. The van der Waals surface area contributed by atoms with Gasteiger partial charge in [0.1, 0.15) is 11.3 Å². The molecule has 80 valence electrons. The third-order valence-corrected chi connectivity index (χ3v) is 3.45. The quantitative estimate of drug-likeness (QED) is 0.645. The van der Waals surface area contributed by atoms with Gasteiger partial charge in [0.2, 0.25) is 4.96 Å². The first-order valence-electron chi connectivity index (χ1n) is 4.98. The second-order valence-electron chi connectivity index (χ2n) is 3.78. The molecule has 4 nitrogen and oxygen atoms in total. The molecule has 3 aromatic rings. The van der Waals surface area contributed by atoms with Crippen molar-refractivity contribution in [2.75, 3.05) is 0 Å². The van der Waals surface area contributed by atoms with Crippen molar-refractivity contribution in [3.05, 3.63) is 35.7 Å². The minimum absolute atomic E-state index is 0.829. The number of benzene rings is 1. The van der Waals surface area contributed by atoms with Gasteiger partial charge in [0.25, 0.3) is 0 Å². The van der Waals surface area contributed by atoms with Gasteiger partial charge < -0.3 is 0 Å². The lowest BCUT2D eigenvalue weighted by atomic mass is 10.1. The number of rotatable bonds is 1. The van der Waals surface area contributed by atoms with Gasteiger partial charge in [-0.05, 0) is 19.4 Å². The van der Waals surface area contributed by atoms with Crippen molar-refractivity contribution in [3.8, 4) is 10.6 Å². The van der Waals surface area contributed by atoms with Crippen molar-refractivity contribution in [1.82, 2.24) is 19.8 Å². The molecule has 1 aromatic carbocycles. The van der Waals surface area contributed by atoms with E-state index in [9.17, 15) is 0 Å². The molecule has 0 saturated heterocycles. The summed E-state index contributed by atoms with van der Waals surface area (Å²) in [5.41, 5.74) is 3.68. The maximum absolute atomic E-state index is 4.44. The fourth-order valence-corrected chi connectivity index (χ4v) is 2.63. The van der Waals surface area contributed by atoms with Crippen LogP contribution in [0.2, 0.25) is 0 Å². The van der Waals surface area contributed by atoms with E-state index < -0.39 is 0 Å². The summed E-state index contributed by atoms with van der Waals surface area (Å²) >= 11 is 1.56. The van der Waals surface area contributed by atoms with Gasteiger partial charge in [-0.1, -0.05) is 35.1 Å². The first-order valence-corrected chi connectivity index (χ1v) is 5.80. The highest BCUT2D eigenvalue weighted by atomic mass is 32.1. The van der Waals surface area contributed by atoms with Crippen LogP contribution in [0.1, 0.15) is 11.1 Å². The molecule has 0 aliphatic heterocycles. The summed E-state index contributed by atoms with van der Waals surface area (Å²) in [6.07, 6.45) is 1.62. The van der Waals surface area contributed by atoms with Crippen LogP contribution in [0.15, 0.2) is 24.5 Å². The highest BCUT2D eigenvalue weighted by Crippen LogP contribution is 2.27. The Hall–Kier alpha value is -1.75.